The van der Waals surface area contributed by atoms with Crippen LogP contribution in [-0.4, -0.2) is 22.8 Å². The van der Waals surface area contributed by atoms with Gasteiger partial charge in [-0.3, -0.25) is 15.6 Å². The van der Waals surface area contributed by atoms with Crippen LogP contribution in [0.2, 0.25) is 0 Å². The lowest BCUT2D eigenvalue weighted by molar-refractivity contribution is -0.119. The second-order valence-corrected chi connectivity index (χ2v) is 8.56. The quantitative estimate of drug-likeness (QED) is 0.409. The number of nitrogens with one attached hydrogen (secondary N) is 3. The Bertz CT molecular complexity index is 877. The topological polar surface area (TPSA) is 53.2 Å². The lowest BCUT2D eigenvalue weighted by Crippen LogP contribution is -2.50. The van der Waals surface area contributed by atoms with Gasteiger partial charge in [-0.05, 0) is 53.2 Å². The molecule has 3 atom stereocenters. The first-order chi connectivity index (χ1) is 13.2. The SMILES string of the molecule is O=C(CSCc1cccc2ccccc12)NNC(=S)N[C@@H]1C[C@H]2C=C[C@H]1C2. The molecule has 140 valence electrons. The minimum atomic E-state index is -0.0720. The molecule has 6 heteroatoms. The van der Waals surface area contributed by atoms with E-state index in [-0.39, 0.29) is 5.91 Å². The first kappa shape index (κ1) is 18.3. The number of hydrogen-bond acceptors (Lipinski definition) is 3. The Morgan fingerprint density at radius 3 is 2.74 bits per heavy atom. The maximum atomic E-state index is 12.1. The molecule has 4 rings (SSSR count). The average molecular weight is 398 g/mol. The molecule has 0 unspecified atom stereocenters. The number of rotatable bonds is 5. The van der Waals surface area contributed by atoms with Crippen LogP contribution in [0.3, 0.4) is 0 Å². The lowest BCUT2D eigenvalue weighted by Gasteiger charge is -2.22. The molecule has 1 saturated carbocycles. The molecule has 0 aromatic heterocycles. The highest BCUT2D eigenvalue weighted by atomic mass is 32.2. The van der Waals surface area contributed by atoms with Gasteiger partial charge in [0.25, 0.3) is 0 Å². The molecule has 1 amide bonds. The van der Waals surface area contributed by atoms with Crippen LogP contribution < -0.4 is 16.2 Å². The summed E-state index contributed by atoms with van der Waals surface area (Å²) in [6.07, 6.45) is 6.92. The summed E-state index contributed by atoms with van der Waals surface area (Å²) in [5.41, 5.74) is 6.77. The zero-order chi connectivity index (χ0) is 18.6. The van der Waals surface area contributed by atoms with Crippen molar-refractivity contribution in [2.24, 2.45) is 11.8 Å². The monoisotopic (exact) mass is 397 g/mol. The van der Waals surface area contributed by atoms with Crippen molar-refractivity contribution in [1.82, 2.24) is 16.2 Å². The van der Waals surface area contributed by atoms with Crippen molar-refractivity contribution in [2.45, 2.75) is 24.6 Å². The van der Waals surface area contributed by atoms with Crippen molar-refractivity contribution in [1.29, 1.82) is 0 Å². The van der Waals surface area contributed by atoms with Crippen LogP contribution in [0.5, 0.6) is 0 Å². The van der Waals surface area contributed by atoms with Gasteiger partial charge in [0.1, 0.15) is 0 Å². The Balaban J connectivity index is 1.18. The van der Waals surface area contributed by atoms with Gasteiger partial charge in [0.05, 0.1) is 5.75 Å². The number of hydrogen-bond donors (Lipinski definition) is 3. The van der Waals surface area contributed by atoms with E-state index in [0.29, 0.717) is 28.7 Å². The predicted octanol–water partition coefficient (Wildman–Crippen LogP) is 3.53. The third-order valence-corrected chi connectivity index (χ3v) is 6.48. The van der Waals surface area contributed by atoms with Crippen molar-refractivity contribution in [3.63, 3.8) is 0 Å². The van der Waals surface area contributed by atoms with E-state index in [1.807, 2.05) is 12.1 Å². The normalized spacial score (nSPS) is 22.7. The summed E-state index contributed by atoms with van der Waals surface area (Å²) in [7, 11) is 0. The molecule has 0 heterocycles. The molecule has 27 heavy (non-hydrogen) atoms. The van der Waals surface area contributed by atoms with Gasteiger partial charge in [-0.1, -0.05) is 54.6 Å². The van der Waals surface area contributed by atoms with Crippen LogP contribution in [0.15, 0.2) is 54.6 Å². The molecule has 0 aliphatic heterocycles. The minimum Gasteiger partial charge on any atom is -0.358 e. The standard InChI is InChI=1S/C21H23N3OS2/c25-20(23-24-21(26)22-19-11-14-8-9-16(19)10-14)13-27-12-17-6-3-5-15-4-1-2-7-18(15)17/h1-9,14,16,19H,10-13H2,(H,23,25)(H2,22,24,26)/t14-,16-,19+/m0/s1. The number of hydrazine groups is 1. The first-order valence-electron chi connectivity index (χ1n) is 9.27. The molecule has 2 aromatic rings. The lowest BCUT2D eigenvalue weighted by atomic mass is 10.0. The van der Waals surface area contributed by atoms with Gasteiger partial charge in [-0.25, -0.2) is 0 Å². The van der Waals surface area contributed by atoms with E-state index >= 15 is 0 Å². The third-order valence-electron chi connectivity index (χ3n) is 5.28. The highest BCUT2D eigenvalue weighted by Crippen LogP contribution is 2.38. The maximum Gasteiger partial charge on any atom is 0.248 e. The molecular weight excluding hydrogens is 374 g/mol. The van der Waals surface area contributed by atoms with E-state index in [1.54, 1.807) is 11.8 Å². The molecule has 0 spiro atoms. The van der Waals surface area contributed by atoms with E-state index in [2.05, 4.69) is 58.7 Å². The van der Waals surface area contributed by atoms with Crippen LogP contribution in [-0.2, 0) is 10.5 Å². The van der Waals surface area contributed by atoms with E-state index in [1.165, 1.54) is 22.8 Å². The fraction of sp³-hybridized carbons (Fsp3) is 0.333. The number of carbonyl (C=O) groups is 1. The van der Waals surface area contributed by atoms with Gasteiger partial charge in [-0.15, -0.1) is 11.8 Å². The maximum absolute atomic E-state index is 12.1. The zero-order valence-corrected chi connectivity index (χ0v) is 16.6. The summed E-state index contributed by atoms with van der Waals surface area (Å²) in [6.45, 7) is 0. The highest BCUT2D eigenvalue weighted by molar-refractivity contribution is 7.99. The number of carbonyl (C=O) groups excluding carboxylic acids is 1. The Kier molecular flexibility index (Phi) is 5.64. The summed E-state index contributed by atoms with van der Waals surface area (Å²) in [5, 5.41) is 6.29. The Morgan fingerprint density at radius 1 is 1.07 bits per heavy atom. The summed E-state index contributed by atoms with van der Waals surface area (Å²) >= 11 is 6.90. The van der Waals surface area contributed by atoms with Gasteiger partial charge >= 0.3 is 0 Å². The van der Waals surface area contributed by atoms with Gasteiger partial charge in [-0.2, -0.15) is 0 Å². The highest BCUT2D eigenvalue weighted by Gasteiger charge is 2.35. The summed E-state index contributed by atoms with van der Waals surface area (Å²) in [5.74, 6) is 2.37. The van der Waals surface area contributed by atoms with E-state index in [0.717, 1.165) is 12.2 Å². The largest absolute Gasteiger partial charge is 0.358 e. The smallest absolute Gasteiger partial charge is 0.248 e. The minimum absolute atomic E-state index is 0.0720. The first-order valence-corrected chi connectivity index (χ1v) is 10.8. The summed E-state index contributed by atoms with van der Waals surface area (Å²) in [6, 6.07) is 15.0. The van der Waals surface area contributed by atoms with Crippen molar-refractivity contribution in [3.05, 3.63) is 60.2 Å². The van der Waals surface area contributed by atoms with E-state index in [9.17, 15) is 4.79 Å². The van der Waals surface area contributed by atoms with Crippen molar-refractivity contribution in [2.75, 3.05) is 5.75 Å². The molecule has 2 aliphatic carbocycles. The van der Waals surface area contributed by atoms with Crippen molar-refractivity contribution >= 4 is 45.8 Å². The van der Waals surface area contributed by atoms with Crippen molar-refractivity contribution < 1.29 is 4.79 Å². The molecule has 0 radical (unpaired) electrons. The molecule has 0 saturated heterocycles. The average Bonchev–Trinajstić information content (AvgIpc) is 3.30. The van der Waals surface area contributed by atoms with E-state index < -0.39 is 0 Å². The number of benzene rings is 2. The van der Waals surface area contributed by atoms with Crippen LogP contribution in [0, 0.1) is 11.8 Å². The fourth-order valence-electron chi connectivity index (χ4n) is 3.99. The number of fused-ring (bicyclic) bond motifs is 3. The third kappa shape index (κ3) is 4.45. The zero-order valence-electron chi connectivity index (χ0n) is 15.0. The molecule has 4 nitrogen and oxygen atoms in total. The predicted molar refractivity (Wildman–Crippen MR) is 116 cm³/mol. The van der Waals surface area contributed by atoms with Gasteiger partial charge in [0, 0.05) is 11.8 Å². The number of thioether (sulfide) groups is 1. The molecule has 2 aliphatic rings. The van der Waals surface area contributed by atoms with Crippen LogP contribution >= 0.6 is 24.0 Å². The fourth-order valence-corrected chi connectivity index (χ4v) is 5.02. The Morgan fingerprint density at radius 2 is 1.93 bits per heavy atom. The van der Waals surface area contributed by atoms with Gasteiger partial charge in [0.15, 0.2) is 5.11 Å². The van der Waals surface area contributed by atoms with Gasteiger partial charge < -0.3 is 5.32 Å². The molecular formula is C21H23N3OS2. The van der Waals surface area contributed by atoms with Crippen LogP contribution in [0.4, 0.5) is 0 Å². The molecule has 2 bridgehead atoms. The number of amides is 1. The number of allylic oxidation sites excluding steroid dienone is 1. The molecule has 1 fully saturated rings. The second kappa shape index (κ2) is 8.31. The Labute approximate surface area is 169 Å². The van der Waals surface area contributed by atoms with Crippen LogP contribution in [0.1, 0.15) is 18.4 Å². The molecule has 3 N–H and O–H groups in total. The Hall–Kier alpha value is -2.05. The van der Waals surface area contributed by atoms with Gasteiger partial charge in [0.2, 0.25) is 5.91 Å². The van der Waals surface area contributed by atoms with Crippen molar-refractivity contribution in [3.8, 4) is 0 Å². The second-order valence-electron chi connectivity index (χ2n) is 7.16. The van der Waals surface area contributed by atoms with Crippen LogP contribution in [0.25, 0.3) is 10.8 Å². The summed E-state index contributed by atoms with van der Waals surface area (Å²) < 4.78 is 0. The number of thiocarbonyl (C=S) groups is 1. The van der Waals surface area contributed by atoms with E-state index in [4.69, 9.17) is 12.2 Å². The summed E-state index contributed by atoms with van der Waals surface area (Å²) in [4.78, 5) is 12.1. The molecule has 2 aromatic carbocycles.